The van der Waals surface area contributed by atoms with Gasteiger partial charge < -0.3 is 21.3 Å². The topological polar surface area (TPSA) is 132 Å². The minimum Gasteiger partial charge on any atom is -0.371 e. The molecule has 0 atom stereocenters. The van der Waals surface area contributed by atoms with Crippen molar-refractivity contribution in [2.24, 2.45) is 25.7 Å². The number of aliphatic imine (C=N–C) groups is 4. The molecule has 1 saturated carbocycles. The summed E-state index contributed by atoms with van der Waals surface area (Å²) in [4.78, 5) is 32.8. The Hall–Kier alpha value is -6.10. The summed E-state index contributed by atoms with van der Waals surface area (Å²) in [7, 11) is 0. The molecule has 0 bridgehead atoms. The summed E-state index contributed by atoms with van der Waals surface area (Å²) in [5.74, 6) is 2.50. The van der Waals surface area contributed by atoms with Crippen molar-refractivity contribution in [1.82, 2.24) is 14.9 Å². The summed E-state index contributed by atoms with van der Waals surface area (Å²) in [6.07, 6.45) is 17.6. The van der Waals surface area contributed by atoms with E-state index in [0.717, 1.165) is 64.3 Å². The molecule has 0 amide bonds. The first kappa shape index (κ1) is 32.8. The number of guanidine groups is 3. The molecule has 0 spiro atoms. The van der Waals surface area contributed by atoms with Crippen LogP contribution >= 0.6 is 0 Å². The Bertz CT molecular complexity index is 2220. The van der Waals surface area contributed by atoms with Gasteiger partial charge in [-0.1, -0.05) is 50.5 Å². The number of hydrogen-bond acceptors (Lipinski definition) is 11. The molecule has 0 radical (unpaired) electrons. The maximum absolute atomic E-state index is 6.33. The second kappa shape index (κ2) is 13.8. The summed E-state index contributed by atoms with van der Waals surface area (Å²) in [6.45, 7) is 4.49. The molecule has 0 unspecified atom stereocenters. The van der Waals surface area contributed by atoms with Crippen LogP contribution in [0.2, 0.25) is 0 Å². The van der Waals surface area contributed by atoms with E-state index in [2.05, 4.69) is 91.0 Å². The maximum atomic E-state index is 6.33. The zero-order chi connectivity index (χ0) is 35.8. The monoisotopic (exact) mass is 701 g/mol. The van der Waals surface area contributed by atoms with Crippen molar-refractivity contribution >= 4 is 58.0 Å². The van der Waals surface area contributed by atoms with Gasteiger partial charge in [-0.25, -0.2) is 24.9 Å². The SMILES string of the molecule is CC1(c2ccc(C3=CC4=CC(c5ccc(N6CCCCC6)cc5Nc5ccccn5)=NC5=NC(N)=NC(=N3)N45)c(Nc3ccccn3)c2)CCCCC1. The maximum Gasteiger partial charge on any atom is 0.240 e. The van der Waals surface area contributed by atoms with Gasteiger partial charge >= 0.3 is 0 Å². The summed E-state index contributed by atoms with van der Waals surface area (Å²) in [6, 6.07) is 25.0. The number of pyridine rings is 2. The molecule has 4 aliphatic heterocycles. The lowest BCUT2D eigenvalue weighted by Gasteiger charge is -2.35. The highest BCUT2D eigenvalue weighted by molar-refractivity contribution is 6.25. The first-order valence-corrected chi connectivity index (χ1v) is 18.7. The Balaban J connectivity index is 1.14. The van der Waals surface area contributed by atoms with Crippen molar-refractivity contribution in [2.45, 2.75) is 63.7 Å². The molecule has 266 valence electrons. The van der Waals surface area contributed by atoms with Gasteiger partial charge in [0.25, 0.3) is 0 Å². The van der Waals surface area contributed by atoms with Crippen LogP contribution in [0.25, 0.3) is 5.70 Å². The highest BCUT2D eigenvalue weighted by Gasteiger charge is 2.34. The third-order valence-electron chi connectivity index (χ3n) is 10.9. The lowest BCUT2D eigenvalue weighted by molar-refractivity contribution is 0.319. The molecule has 4 N–H and O–H groups in total. The number of nitrogens with two attached hydrogens (primary N) is 1. The number of benzene rings is 2. The fourth-order valence-corrected chi connectivity index (χ4v) is 8.03. The third kappa shape index (κ3) is 6.59. The van der Waals surface area contributed by atoms with Crippen LogP contribution in [-0.4, -0.2) is 51.5 Å². The summed E-state index contributed by atoms with van der Waals surface area (Å²) in [5, 5.41) is 7.20. The van der Waals surface area contributed by atoms with E-state index in [0.29, 0.717) is 11.9 Å². The standard InChI is InChI=1S/C42H43N11/c1-42(18-6-2-7-19-42)28-14-16-31(33(24-28)46-37-12-4-8-20-44-37)35-26-30-27-36(49-41-51-39(43)50-40(48-35)53(30)41)32-17-15-29(52-22-10-3-11-23-52)25-34(32)47-38-13-5-9-21-45-38/h4-5,8-9,12-17,20-21,24-27H,2-3,6-7,10-11,18-19,22-23H2,1H3,(H,44,46)(H,45,47)(H2,43,48,49,50,51). The molecule has 2 fully saturated rings. The van der Waals surface area contributed by atoms with Crippen LogP contribution in [0.4, 0.5) is 28.7 Å². The van der Waals surface area contributed by atoms with Gasteiger partial charge in [0, 0.05) is 48.0 Å². The molecule has 6 heterocycles. The average molecular weight is 702 g/mol. The highest BCUT2D eigenvalue weighted by atomic mass is 15.4. The molecule has 5 aliphatic rings. The second-order valence-corrected chi connectivity index (χ2v) is 14.6. The van der Waals surface area contributed by atoms with E-state index in [1.54, 1.807) is 12.4 Å². The van der Waals surface area contributed by atoms with Gasteiger partial charge in [0.2, 0.25) is 17.9 Å². The van der Waals surface area contributed by atoms with Crippen molar-refractivity contribution in [3.8, 4) is 0 Å². The Morgan fingerprint density at radius 2 is 1.34 bits per heavy atom. The highest BCUT2D eigenvalue weighted by Crippen LogP contribution is 2.42. The van der Waals surface area contributed by atoms with E-state index in [9.17, 15) is 0 Å². The number of hydrogen-bond donors (Lipinski definition) is 3. The molecule has 1 saturated heterocycles. The van der Waals surface area contributed by atoms with Gasteiger partial charge in [0.15, 0.2) is 0 Å². The van der Waals surface area contributed by atoms with Crippen molar-refractivity contribution in [2.75, 3.05) is 28.6 Å². The van der Waals surface area contributed by atoms with Gasteiger partial charge in [-0.3, -0.25) is 0 Å². The van der Waals surface area contributed by atoms with Gasteiger partial charge in [0.1, 0.15) is 11.6 Å². The van der Waals surface area contributed by atoms with Gasteiger partial charge in [-0.05, 0) is 104 Å². The zero-order valence-corrected chi connectivity index (χ0v) is 30.0. The molecule has 1 aliphatic carbocycles. The number of nitrogens with zero attached hydrogens (tertiary/aromatic N) is 8. The van der Waals surface area contributed by atoms with E-state index >= 15 is 0 Å². The number of aromatic nitrogens is 2. The minimum atomic E-state index is 0.111. The van der Waals surface area contributed by atoms with Crippen LogP contribution < -0.4 is 21.3 Å². The predicted octanol–water partition coefficient (Wildman–Crippen LogP) is 8.26. The molecule has 11 heteroatoms. The van der Waals surface area contributed by atoms with Crippen LogP contribution in [0.5, 0.6) is 0 Å². The van der Waals surface area contributed by atoms with E-state index in [4.69, 9.17) is 15.7 Å². The van der Waals surface area contributed by atoms with E-state index < -0.39 is 0 Å². The van der Waals surface area contributed by atoms with Crippen LogP contribution in [0.1, 0.15) is 75.0 Å². The molecule has 2 aromatic heterocycles. The predicted molar refractivity (Wildman–Crippen MR) is 215 cm³/mol. The zero-order valence-electron chi connectivity index (χ0n) is 30.0. The molecule has 53 heavy (non-hydrogen) atoms. The quantitative estimate of drug-likeness (QED) is 0.169. The summed E-state index contributed by atoms with van der Waals surface area (Å²) >= 11 is 0. The number of rotatable bonds is 8. The van der Waals surface area contributed by atoms with Crippen LogP contribution in [0.3, 0.4) is 0 Å². The summed E-state index contributed by atoms with van der Waals surface area (Å²) < 4.78 is 0. The smallest absolute Gasteiger partial charge is 0.240 e. The number of allylic oxidation sites excluding steroid dienone is 2. The van der Waals surface area contributed by atoms with E-state index in [1.807, 2.05) is 41.3 Å². The molecule has 9 rings (SSSR count). The van der Waals surface area contributed by atoms with Crippen LogP contribution in [0, 0.1) is 0 Å². The van der Waals surface area contributed by atoms with Gasteiger partial charge in [-0.2, -0.15) is 9.98 Å². The lowest BCUT2D eigenvalue weighted by atomic mass is 9.71. The lowest BCUT2D eigenvalue weighted by Crippen LogP contribution is -2.43. The number of piperidine rings is 1. The minimum absolute atomic E-state index is 0.111. The second-order valence-electron chi connectivity index (χ2n) is 14.6. The summed E-state index contributed by atoms with van der Waals surface area (Å²) in [5.41, 5.74) is 15.0. The average Bonchev–Trinajstić information content (AvgIpc) is 3.19. The van der Waals surface area contributed by atoms with Crippen LogP contribution in [0.15, 0.2) is 123 Å². The first-order chi connectivity index (χ1) is 26.0. The molecule has 2 aromatic carbocycles. The van der Waals surface area contributed by atoms with Crippen molar-refractivity contribution < 1.29 is 0 Å². The Morgan fingerprint density at radius 1 is 0.660 bits per heavy atom. The van der Waals surface area contributed by atoms with Gasteiger partial charge in [-0.15, -0.1) is 0 Å². The molecular weight excluding hydrogens is 659 g/mol. The van der Waals surface area contributed by atoms with Crippen molar-refractivity contribution in [3.63, 3.8) is 0 Å². The van der Waals surface area contributed by atoms with E-state index in [1.165, 1.54) is 62.6 Å². The largest absolute Gasteiger partial charge is 0.371 e. The van der Waals surface area contributed by atoms with Gasteiger partial charge in [0.05, 0.1) is 22.8 Å². The third-order valence-corrected chi connectivity index (χ3v) is 10.9. The van der Waals surface area contributed by atoms with Crippen molar-refractivity contribution in [3.05, 3.63) is 120 Å². The van der Waals surface area contributed by atoms with Crippen LogP contribution in [-0.2, 0) is 5.41 Å². The molecule has 11 nitrogen and oxygen atoms in total. The Morgan fingerprint density at radius 3 is 2.06 bits per heavy atom. The Labute approximate surface area is 309 Å². The first-order valence-electron chi connectivity index (χ1n) is 18.7. The van der Waals surface area contributed by atoms with E-state index in [-0.39, 0.29) is 11.4 Å². The fourth-order valence-electron chi connectivity index (χ4n) is 8.03. The van der Waals surface area contributed by atoms with Crippen molar-refractivity contribution in [1.29, 1.82) is 0 Å². The fraction of sp³-hybridized carbons (Fsp3) is 0.286. The Kier molecular flexibility index (Phi) is 8.53. The number of nitrogens with one attached hydrogen (secondary N) is 2. The molecular formula is C42H43N11. The normalized spacial score (nSPS) is 19.1. The molecule has 4 aromatic rings. The number of anilines is 5.